The van der Waals surface area contributed by atoms with E-state index in [1.54, 1.807) is 0 Å². The first-order valence-corrected chi connectivity index (χ1v) is 9.11. The Kier molecular flexibility index (Phi) is 4.91. The van der Waals surface area contributed by atoms with Gasteiger partial charge in [0.05, 0.1) is 11.8 Å². The zero-order valence-electron chi connectivity index (χ0n) is 16.4. The molecular formula is C21H14F5N5O. The van der Waals surface area contributed by atoms with Crippen LogP contribution >= 0.6 is 0 Å². The van der Waals surface area contributed by atoms with Gasteiger partial charge in [-0.15, -0.1) is 0 Å². The summed E-state index contributed by atoms with van der Waals surface area (Å²) < 4.78 is 68.2. The average molecular weight is 447 g/mol. The molecule has 0 saturated heterocycles. The lowest BCUT2D eigenvalue weighted by atomic mass is 9.82. The number of rotatable bonds is 3. The Bertz CT molecular complexity index is 1260. The molecule has 0 aliphatic carbocycles. The zero-order chi connectivity index (χ0) is 23.3. The third-order valence-corrected chi connectivity index (χ3v) is 5.12. The third-order valence-electron chi connectivity index (χ3n) is 5.12. The Labute approximate surface area is 178 Å². The van der Waals surface area contributed by atoms with Gasteiger partial charge in [-0.1, -0.05) is 6.07 Å². The molecule has 1 aliphatic heterocycles. The largest absolute Gasteiger partial charge is 0.417 e. The predicted molar refractivity (Wildman–Crippen MR) is 104 cm³/mol. The number of guanidine groups is 1. The summed E-state index contributed by atoms with van der Waals surface area (Å²) >= 11 is 0. The first kappa shape index (κ1) is 21.3. The number of likely N-dealkylation sites (N-methyl/N-ethyl adjacent to an activating group) is 1. The van der Waals surface area contributed by atoms with Crippen molar-refractivity contribution in [1.29, 1.82) is 0 Å². The van der Waals surface area contributed by atoms with E-state index in [0.717, 1.165) is 35.5 Å². The summed E-state index contributed by atoms with van der Waals surface area (Å²) in [5, 5.41) is 0. The highest BCUT2D eigenvalue weighted by molar-refractivity contribution is 6.09. The minimum atomic E-state index is -4.73. The molecular weight excluding hydrogens is 433 g/mol. The standard InChI is InChI=1S/C21H14F5N5O/c1-31-18(32)20(30-19(31)27,13-5-14(9-29-8-13)21(24,25)26)12-2-3-17(23)16(6-12)11-4-15(22)10-28-7-11/h2-10H,1H3,(H2,27,30). The molecule has 1 atom stereocenters. The van der Waals surface area contributed by atoms with Gasteiger partial charge in [0, 0.05) is 42.3 Å². The number of nitrogens with zero attached hydrogens (tertiary/aromatic N) is 4. The molecule has 1 aromatic carbocycles. The second kappa shape index (κ2) is 7.36. The first-order valence-electron chi connectivity index (χ1n) is 9.11. The van der Waals surface area contributed by atoms with Gasteiger partial charge in [-0.05, 0) is 29.8 Å². The number of pyridine rings is 2. The van der Waals surface area contributed by atoms with Gasteiger partial charge in [0.25, 0.3) is 5.91 Å². The fourth-order valence-corrected chi connectivity index (χ4v) is 3.51. The van der Waals surface area contributed by atoms with Gasteiger partial charge in [0.1, 0.15) is 11.6 Å². The monoisotopic (exact) mass is 447 g/mol. The average Bonchev–Trinajstić information content (AvgIpc) is 2.98. The highest BCUT2D eigenvalue weighted by Crippen LogP contribution is 2.42. The van der Waals surface area contributed by atoms with Crippen LogP contribution in [0.15, 0.2) is 60.1 Å². The van der Waals surface area contributed by atoms with Gasteiger partial charge in [0.2, 0.25) is 0 Å². The molecule has 2 N–H and O–H groups in total. The molecule has 11 heteroatoms. The van der Waals surface area contributed by atoms with E-state index in [2.05, 4.69) is 15.0 Å². The lowest BCUT2D eigenvalue weighted by Gasteiger charge is -2.27. The number of amides is 1. The number of benzene rings is 1. The van der Waals surface area contributed by atoms with Crippen molar-refractivity contribution in [2.24, 2.45) is 10.7 Å². The van der Waals surface area contributed by atoms with Gasteiger partial charge in [-0.25, -0.2) is 13.8 Å². The van der Waals surface area contributed by atoms with Crippen molar-refractivity contribution in [3.05, 3.63) is 83.4 Å². The molecule has 2 aromatic heterocycles. The van der Waals surface area contributed by atoms with E-state index in [0.29, 0.717) is 6.20 Å². The molecule has 3 heterocycles. The number of hydrogen-bond donors (Lipinski definition) is 1. The van der Waals surface area contributed by atoms with Crippen LogP contribution in [0.1, 0.15) is 16.7 Å². The molecule has 1 unspecified atom stereocenters. The summed E-state index contributed by atoms with van der Waals surface area (Å²) in [4.78, 5) is 25.7. The summed E-state index contributed by atoms with van der Waals surface area (Å²) in [5.74, 6) is -2.48. The molecule has 4 rings (SSSR count). The van der Waals surface area contributed by atoms with Gasteiger partial charge in [-0.3, -0.25) is 19.7 Å². The summed E-state index contributed by atoms with van der Waals surface area (Å²) in [6.45, 7) is 0. The maximum atomic E-state index is 14.6. The van der Waals surface area contributed by atoms with Crippen molar-refractivity contribution >= 4 is 11.9 Å². The van der Waals surface area contributed by atoms with Gasteiger partial charge in [-0.2, -0.15) is 13.2 Å². The lowest BCUT2D eigenvalue weighted by Crippen LogP contribution is -2.41. The fraction of sp³-hybridized carbons (Fsp3) is 0.143. The Morgan fingerprint density at radius 2 is 1.69 bits per heavy atom. The minimum absolute atomic E-state index is 0.0246. The van der Waals surface area contributed by atoms with E-state index in [-0.39, 0.29) is 28.2 Å². The number of carbonyl (C=O) groups is 1. The number of aromatic nitrogens is 2. The van der Waals surface area contributed by atoms with Crippen molar-refractivity contribution in [2.75, 3.05) is 7.05 Å². The van der Waals surface area contributed by atoms with Crippen LogP contribution in [0, 0.1) is 11.6 Å². The predicted octanol–water partition coefficient (Wildman–Crippen LogP) is 3.47. The van der Waals surface area contributed by atoms with E-state index in [9.17, 15) is 26.7 Å². The van der Waals surface area contributed by atoms with Gasteiger partial charge in [0.15, 0.2) is 11.5 Å². The third kappa shape index (κ3) is 3.35. The van der Waals surface area contributed by atoms with Crippen LogP contribution in [0.25, 0.3) is 11.1 Å². The van der Waals surface area contributed by atoms with E-state index in [1.165, 1.54) is 25.4 Å². The molecule has 6 nitrogen and oxygen atoms in total. The second-order valence-corrected chi connectivity index (χ2v) is 7.09. The number of alkyl halides is 3. The van der Waals surface area contributed by atoms with Crippen molar-refractivity contribution < 1.29 is 26.7 Å². The summed E-state index contributed by atoms with van der Waals surface area (Å²) in [7, 11) is 1.31. The highest BCUT2D eigenvalue weighted by atomic mass is 19.4. The maximum absolute atomic E-state index is 14.6. The minimum Gasteiger partial charge on any atom is -0.369 e. The number of aliphatic imine (C=N–C) groups is 1. The number of nitrogens with two attached hydrogens (primary N) is 1. The van der Waals surface area contributed by atoms with E-state index >= 15 is 0 Å². The highest BCUT2D eigenvalue weighted by Gasteiger charge is 2.50. The van der Waals surface area contributed by atoms with Gasteiger partial charge >= 0.3 is 6.18 Å². The Balaban J connectivity index is 1.99. The zero-order valence-corrected chi connectivity index (χ0v) is 16.4. The van der Waals surface area contributed by atoms with Crippen molar-refractivity contribution in [1.82, 2.24) is 14.9 Å². The Morgan fingerprint density at radius 3 is 2.31 bits per heavy atom. The summed E-state index contributed by atoms with van der Waals surface area (Å²) in [6, 6.07) is 5.21. The summed E-state index contributed by atoms with van der Waals surface area (Å²) in [5.41, 5.74) is 2.44. The molecule has 0 bridgehead atoms. The van der Waals surface area contributed by atoms with Crippen LogP contribution in [0.3, 0.4) is 0 Å². The van der Waals surface area contributed by atoms with Crippen molar-refractivity contribution in [3.8, 4) is 11.1 Å². The summed E-state index contributed by atoms with van der Waals surface area (Å²) in [6.07, 6.45) is -0.905. The van der Waals surface area contributed by atoms with Crippen molar-refractivity contribution in [3.63, 3.8) is 0 Å². The molecule has 0 saturated carbocycles. The number of halogens is 5. The lowest BCUT2D eigenvalue weighted by molar-refractivity contribution is -0.138. The molecule has 32 heavy (non-hydrogen) atoms. The molecule has 0 spiro atoms. The van der Waals surface area contributed by atoms with Gasteiger partial charge < -0.3 is 5.73 Å². The molecule has 164 valence electrons. The molecule has 1 aliphatic rings. The van der Waals surface area contributed by atoms with Crippen molar-refractivity contribution in [2.45, 2.75) is 11.7 Å². The molecule has 0 radical (unpaired) electrons. The van der Waals surface area contributed by atoms with E-state index < -0.39 is 34.8 Å². The molecule has 3 aromatic rings. The Hall–Kier alpha value is -3.89. The number of carbonyl (C=O) groups excluding carboxylic acids is 1. The van der Waals surface area contributed by atoms with Crippen LogP contribution in [0.4, 0.5) is 22.0 Å². The van der Waals surface area contributed by atoms with Crippen LogP contribution in [0.2, 0.25) is 0 Å². The van der Waals surface area contributed by atoms with E-state index in [4.69, 9.17) is 5.73 Å². The smallest absolute Gasteiger partial charge is 0.369 e. The second-order valence-electron chi connectivity index (χ2n) is 7.09. The fourth-order valence-electron chi connectivity index (χ4n) is 3.51. The normalized spacial score (nSPS) is 18.8. The first-order chi connectivity index (χ1) is 15.0. The molecule has 0 fully saturated rings. The Morgan fingerprint density at radius 1 is 0.969 bits per heavy atom. The van der Waals surface area contributed by atoms with Crippen LogP contribution in [-0.4, -0.2) is 33.8 Å². The van der Waals surface area contributed by atoms with Crippen LogP contribution < -0.4 is 5.73 Å². The maximum Gasteiger partial charge on any atom is 0.417 e. The quantitative estimate of drug-likeness (QED) is 0.624. The topological polar surface area (TPSA) is 84.5 Å². The SMILES string of the molecule is CN1C(=O)C(c2cncc(C(F)(F)F)c2)(c2ccc(F)c(-c3cncc(F)c3)c2)N=C1N. The van der Waals surface area contributed by atoms with Crippen LogP contribution in [-0.2, 0) is 16.5 Å². The van der Waals surface area contributed by atoms with Crippen LogP contribution in [0.5, 0.6) is 0 Å². The van der Waals surface area contributed by atoms with E-state index in [1.807, 2.05) is 0 Å². The molecule has 1 amide bonds. The number of hydrogen-bond acceptors (Lipinski definition) is 5.